The number of rotatable bonds is 11. The highest BCUT2D eigenvalue weighted by molar-refractivity contribution is 8.77. The van der Waals surface area contributed by atoms with Crippen LogP contribution in [0.4, 0.5) is 16.2 Å². The van der Waals surface area contributed by atoms with Crippen LogP contribution in [0.2, 0.25) is 0 Å². The van der Waals surface area contributed by atoms with Crippen LogP contribution in [-0.4, -0.2) is 63.5 Å². The van der Waals surface area contributed by atoms with Crippen LogP contribution >= 0.6 is 21.6 Å². The molecule has 3 rings (SSSR count). The summed E-state index contributed by atoms with van der Waals surface area (Å²) >= 11 is 0. The maximum Gasteiger partial charge on any atom is 0.407 e. The lowest BCUT2D eigenvalue weighted by molar-refractivity contribution is -0.396. The van der Waals surface area contributed by atoms with Crippen molar-refractivity contribution in [1.29, 1.82) is 0 Å². The number of nitro groups is 2. The van der Waals surface area contributed by atoms with E-state index in [1.807, 2.05) is 26.0 Å². The van der Waals surface area contributed by atoms with Gasteiger partial charge in [0.2, 0.25) is 0 Å². The number of alkyl carbamates (subject to hydrolysis) is 1. The van der Waals surface area contributed by atoms with Gasteiger partial charge in [-0.1, -0.05) is 35.1 Å². The molecule has 0 aliphatic carbocycles. The number of ether oxygens (including phenoxy) is 2. The van der Waals surface area contributed by atoms with Crippen LogP contribution in [0.25, 0.3) is 0 Å². The summed E-state index contributed by atoms with van der Waals surface area (Å²) in [6.45, 7) is 8.07. The highest BCUT2D eigenvalue weighted by Crippen LogP contribution is 2.43. The quantitative estimate of drug-likeness (QED) is 0.250. The molecule has 2 heterocycles. The van der Waals surface area contributed by atoms with Gasteiger partial charge in [-0.2, -0.15) is 0 Å². The first kappa shape index (κ1) is 27.6. The Hall–Kier alpha value is -2.94. The molecular weight excluding hydrogens is 510 g/mol. The molecular formula is C22H27N5O7S2. The van der Waals surface area contributed by atoms with Crippen molar-refractivity contribution in [2.24, 2.45) is 0 Å². The molecule has 0 atom stereocenters. The predicted molar refractivity (Wildman–Crippen MR) is 136 cm³/mol. The van der Waals surface area contributed by atoms with Gasteiger partial charge >= 0.3 is 11.8 Å². The molecule has 1 aromatic heterocycles. The van der Waals surface area contributed by atoms with Crippen LogP contribution in [0.1, 0.15) is 25.0 Å². The highest BCUT2D eigenvalue weighted by atomic mass is 33.1. The molecule has 36 heavy (non-hydrogen) atoms. The number of pyridine rings is 1. The van der Waals surface area contributed by atoms with Gasteiger partial charge in [-0.15, -0.1) is 0 Å². The summed E-state index contributed by atoms with van der Waals surface area (Å²) in [4.78, 5) is 39.1. The zero-order chi connectivity index (χ0) is 26.1. The van der Waals surface area contributed by atoms with E-state index in [0.717, 1.165) is 67.0 Å². The van der Waals surface area contributed by atoms with Crippen molar-refractivity contribution in [3.8, 4) is 0 Å². The van der Waals surface area contributed by atoms with Gasteiger partial charge in [0.1, 0.15) is 12.8 Å². The number of nitrogens with zero attached hydrogens (tertiary/aromatic N) is 4. The first-order chi connectivity index (χ1) is 17.1. The molecule has 1 saturated heterocycles. The van der Waals surface area contributed by atoms with Gasteiger partial charge in [-0.3, -0.25) is 25.1 Å². The van der Waals surface area contributed by atoms with Crippen LogP contribution in [0.3, 0.4) is 0 Å². The van der Waals surface area contributed by atoms with Gasteiger partial charge in [0.15, 0.2) is 5.03 Å². The SMILES string of the molecule is CC(C)(COC(=O)NCc1cccc(CN2CCOCC2)c1)SSc1ncc([N+](=O)[O-])cc1[N+](=O)[O-]. The fourth-order valence-electron chi connectivity index (χ4n) is 3.22. The number of benzene rings is 1. The van der Waals surface area contributed by atoms with E-state index in [2.05, 4.69) is 27.3 Å². The molecule has 194 valence electrons. The zero-order valence-corrected chi connectivity index (χ0v) is 21.5. The fraction of sp³-hybridized carbons (Fsp3) is 0.455. The monoisotopic (exact) mass is 537 g/mol. The van der Waals surface area contributed by atoms with E-state index in [4.69, 9.17) is 9.47 Å². The van der Waals surface area contributed by atoms with Crippen LogP contribution in [0.5, 0.6) is 0 Å². The summed E-state index contributed by atoms with van der Waals surface area (Å²) in [6, 6.07) is 8.88. The number of amides is 1. The Morgan fingerprint density at radius 1 is 1.19 bits per heavy atom. The number of morpholine rings is 1. The second-order valence-corrected chi connectivity index (χ2v) is 11.4. The first-order valence-corrected chi connectivity index (χ1v) is 13.2. The van der Waals surface area contributed by atoms with E-state index < -0.39 is 32.1 Å². The largest absolute Gasteiger partial charge is 0.448 e. The second kappa shape index (κ2) is 12.9. The third-order valence-electron chi connectivity index (χ3n) is 5.06. The van der Waals surface area contributed by atoms with Crippen LogP contribution in [-0.2, 0) is 22.6 Å². The van der Waals surface area contributed by atoms with Gasteiger partial charge in [0, 0.05) is 26.2 Å². The molecule has 1 aliphatic rings. The molecule has 0 saturated carbocycles. The normalized spacial score (nSPS) is 14.3. The molecule has 0 bridgehead atoms. The van der Waals surface area contributed by atoms with E-state index in [1.165, 1.54) is 10.8 Å². The Morgan fingerprint density at radius 2 is 1.92 bits per heavy atom. The predicted octanol–water partition coefficient (Wildman–Crippen LogP) is 4.18. The molecule has 14 heteroatoms. The number of hydrogen-bond donors (Lipinski definition) is 1. The van der Waals surface area contributed by atoms with Crippen molar-refractivity contribution < 1.29 is 24.1 Å². The van der Waals surface area contributed by atoms with Crippen LogP contribution < -0.4 is 5.32 Å². The Balaban J connectivity index is 1.46. The van der Waals surface area contributed by atoms with Crippen LogP contribution in [0.15, 0.2) is 41.6 Å². The van der Waals surface area contributed by atoms with Gasteiger partial charge in [-0.25, -0.2) is 9.78 Å². The van der Waals surface area contributed by atoms with Crippen LogP contribution in [0, 0.1) is 20.2 Å². The van der Waals surface area contributed by atoms with Gasteiger partial charge in [0.05, 0.1) is 33.9 Å². The van der Waals surface area contributed by atoms with E-state index in [9.17, 15) is 25.0 Å². The Kier molecular flexibility index (Phi) is 9.87. The van der Waals surface area contributed by atoms with E-state index in [1.54, 1.807) is 0 Å². The molecule has 1 aromatic carbocycles. The number of hydrogen-bond acceptors (Lipinski definition) is 11. The lowest BCUT2D eigenvalue weighted by Crippen LogP contribution is -2.35. The smallest absolute Gasteiger partial charge is 0.407 e. The summed E-state index contributed by atoms with van der Waals surface area (Å²) in [6.07, 6.45) is 0.398. The molecule has 1 aliphatic heterocycles. The zero-order valence-electron chi connectivity index (χ0n) is 19.9. The average molecular weight is 538 g/mol. The minimum absolute atomic E-state index is 0.0325. The maximum atomic E-state index is 12.2. The van der Waals surface area contributed by atoms with Crippen molar-refractivity contribution in [3.05, 3.63) is 67.9 Å². The Labute approximate surface area is 215 Å². The summed E-state index contributed by atoms with van der Waals surface area (Å²) in [5.41, 5.74) is 1.21. The maximum absolute atomic E-state index is 12.2. The number of nitrogens with one attached hydrogen (secondary N) is 1. The molecule has 2 aromatic rings. The third-order valence-corrected chi connectivity index (χ3v) is 8.26. The Bertz CT molecular complexity index is 1100. The lowest BCUT2D eigenvalue weighted by Gasteiger charge is -2.26. The molecule has 12 nitrogen and oxygen atoms in total. The number of carbonyl (C=O) groups excluding carboxylic acids is 1. The minimum Gasteiger partial charge on any atom is -0.448 e. The van der Waals surface area contributed by atoms with Crippen molar-refractivity contribution >= 4 is 39.1 Å². The van der Waals surface area contributed by atoms with Crippen molar-refractivity contribution in [3.63, 3.8) is 0 Å². The number of carbonyl (C=O) groups is 1. The van der Waals surface area contributed by atoms with E-state index in [0.29, 0.717) is 6.54 Å². The summed E-state index contributed by atoms with van der Waals surface area (Å²) in [5, 5.41) is 24.9. The molecule has 1 N–H and O–H groups in total. The molecule has 0 spiro atoms. The standard InChI is InChI=1S/C22H27N5O7S2/c1-22(2,36-35-20-19(27(31)32)11-18(13-23-20)26(29)30)15-34-21(28)24-12-16-4-3-5-17(10-16)14-25-6-8-33-9-7-25/h3-5,10-11,13H,6-9,12,14-15H2,1-2H3,(H,24,28). The van der Waals surface area contributed by atoms with Crippen molar-refractivity contribution in [1.82, 2.24) is 15.2 Å². The first-order valence-electron chi connectivity index (χ1n) is 11.1. The molecule has 1 amide bonds. The third kappa shape index (κ3) is 8.62. The second-order valence-electron chi connectivity index (χ2n) is 8.60. The Morgan fingerprint density at radius 3 is 2.61 bits per heavy atom. The average Bonchev–Trinajstić information content (AvgIpc) is 2.86. The lowest BCUT2D eigenvalue weighted by atomic mass is 10.1. The topological polar surface area (TPSA) is 150 Å². The summed E-state index contributed by atoms with van der Waals surface area (Å²) < 4.78 is 10.1. The summed E-state index contributed by atoms with van der Waals surface area (Å²) in [7, 11) is 2.21. The molecule has 0 unspecified atom stereocenters. The molecule has 0 radical (unpaired) electrons. The van der Waals surface area contributed by atoms with Crippen molar-refractivity contribution in [2.45, 2.75) is 36.7 Å². The van der Waals surface area contributed by atoms with Gasteiger partial charge < -0.3 is 14.8 Å². The highest BCUT2D eigenvalue weighted by Gasteiger charge is 2.27. The van der Waals surface area contributed by atoms with Gasteiger partial charge in [-0.05, 0) is 35.8 Å². The summed E-state index contributed by atoms with van der Waals surface area (Å²) in [5.74, 6) is 0. The number of aromatic nitrogens is 1. The van der Waals surface area contributed by atoms with Gasteiger partial charge in [0.25, 0.3) is 5.69 Å². The fourth-order valence-corrected chi connectivity index (χ4v) is 5.39. The van der Waals surface area contributed by atoms with Crippen molar-refractivity contribution in [2.75, 3.05) is 32.9 Å². The van der Waals surface area contributed by atoms with E-state index in [-0.39, 0.29) is 11.6 Å². The molecule has 1 fully saturated rings. The van der Waals surface area contributed by atoms with E-state index >= 15 is 0 Å². The minimum atomic E-state index is -0.738.